The van der Waals surface area contributed by atoms with Crippen molar-refractivity contribution in [1.29, 1.82) is 0 Å². The van der Waals surface area contributed by atoms with Crippen LogP contribution in [-0.4, -0.2) is 21.4 Å². The molecule has 4 aromatic rings. The summed E-state index contributed by atoms with van der Waals surface area (Å²) in [5, 5.41) is 6.90. The molecule has 30 heavy (non-hydrogen) atoms. The van der Waals surface area contributed by atoms with E-state index in [1.54, 1.807) is 42.6 Å². The first-order chi connectivity index (χ1) is 14.5. The molecule has 2 amide bonds. The number of nitrogens with zero attached hydrogens (tertiary/aromatic N) is 2. The lowest BCUT2D eigenvalue weighted by Crippen LogP contribution is -2.30. The van der Waals surface area contributed by atoms with Gasteiger partial charge in [0.15, 0.2) is 5.76 Å². The van der Waals surface area contributed by atoms with Crippen molar-refractivity contribution in [3.8, 4) is 0 Å². The Hall–Kier alpha value is -3.36. The zero-order valence-electron chi connectivity index (χ0n) is 15.8. The number of nitrogens with one attached hydrogen (secondary N) is 2. The fourth-order valence-corrected chi connectivity index (χ4v) is 3.85. The van der Waals surface area contributed by atoms with Gasteiger partial charge in [0, 0.05) is 24.5 Å². The van der Waals surface area contributed by atoms with Crippen LogP contribution in [0.1, 0.15) is 37.7 Å². The average Bonchev–Trinajstić information content (AvgIpc) is 3.49. The fourth-order valence-electron chi connectivity index (χ4n) is 2.92. The summed E-state index contributed by atoms with van der Waals surface area (Å²) in [7, 11) is 1.87. The number of aromatic nitrogens is 2. The predicted molar refractivity (Wildman–Crippen MR) is 115 cm³/mol. The maximum atomic E-state index is 12.9. The molecule has 2 N–H and O–H groups in total. The summed E-state index contributed by atoms with van der Waals surface area (Å²) in [5.74, 6) is 0.239. The highest BCUT2D eigenvalue weighted by Crippen LogP contribution is 2.26. The normalized spacial score (nSPS) is 11.8. The summed E-state index contributed by atoms with van der Waals surface area (Å²) >= 11 is 7.18. The van der Waals surface area contributed by atoms with Crippen molar-refractivity contribution in [3.05, 3.63) is 94.2 Å². The van der Waals surface area contributed by atoms with E-state index in [9.17, 15) is 9.59 Å². The number of imidazole rings is 1. The van der Waals surface area contributed by atoms with Gasteiger partial charge in [-0.25, -0.2) is 4.98 Å². The van der Waals surface area contributed by atoms with Gasteiger partial charge in [0.05, 0.1) is 16.1 Å². The average molecular weight is 441 g/mol. The first-order valence-corrected chi connectivity index (χ1v) is 10.2. The number of benzene rings is 1. The van der Waals surface area contributed by atoms with Crippen LogP contribution in [0.5, 0.6) is 0 Å². The zero-order valence-corrected chi connectivity index (χ0v) is 17.4. The molecular formula is C21H17ClN4O3S. The third-order valence-electron chi connectivity index (χ3n) is 4.41. The standard InChI is InChI=1S/C21H17ClN4O3S/c1-26-11-10-23-19(26)18(13-4-6-14(22)7-5-13)25-21(28)16-8-9-17(30-16)24-20(27)15-3-2-12-29-15/h2-12,18H,1H3,(H,24,27)(H,25,28). The first-order valence-electron chi connectivity index (χ1n) is 8.99. The van der Waals surface area contributed by atoms with Crippen LogP contribution in [0.4, 0.5) is 5.00 Å². The summed E-state index contributed by atoms with van der Waals surface area (Å²) < 4.78 is 6.93. The van der Waals surface area contributed by atoms with Crippen LogP contribution < -0.4 is 10.6 Å². The van der Waals surface area contributed by atoms with Crippen molar-refractivity contribution in [3.63, 3.8) is 0 Å². The number of aryl methyl sites for hydroxylation is 1. The van der Waals surface area contributed by atoms with Crippen LogP contribution in [0.3, 0.4) is 0 Å². The van der Waals surface area contributed by atoms with Crippen molar-refractivity contribution in [2.45, 2.75) is 6.04 Å². The van der Waals surface area contributed by atoms with Crippen molar-refractivity contribution in [2.75, 3.05) is 5.32 Å². The SMILES string of the molecule is Cn1ccnc1C(NC(=O)c1ccc(NC(=O)c2ccco2)s1)c1ccc(Cl)cc1. The summed E-state index contributed by atoms with van der Waals surface area (Å²) in [5.41, 5.74) is 0.852. The fraction of sp³-hybridized carbons (Fsp3) is 0.0952. The summed E-state index contributed by atoms with van der Waals surface area (Å²) in [6.07, 6.45) is 4.92. The van der Waals surface area contributed by atoms with Gasteiger partial charge in [-0.1, -0.05) is 23.7 Å². The van der Waals surface area contributed by atoms with Crippen LogP contribution in [-0.2, 0) is 7.05 Å². The molecule has 0 saturated heterocycles. The van der Waals surface area contributed by atoms with E-state index in [4.69, 9.17) is 16.0 Å². The first kappa shape index (κ1) is 19.9. The number of carbonyl (C=O) groups excluding carboxylic acids is 2. The Labute approximate surface area is 181 Å². The van der Waals surface area contributed by atoms with Gasteiger partial charge in [-0.3, -0.25) is 9.59 Å². The molecule has 1 aromatic carbocycles. The van der Waals surface area contributed by atoms with Crippen LogP contribution in [0.15, 0.2) is 71.6 Å². The van der Waals surface area contributed by atoms with Crippen LogP contribution in [0, 0.1) is 0 Å². The summed E-state index contributed by atoms with van der Waals surface area (Å²) in [6.45, 7) is 0. The van der Waals surface area contributed by atoms with Gasteiger partial charge >= 0.3 is 0 Å². The molecule has 4 rings (SSSR count). The number of furan rings is 1. The van der Waals surface area contributed by atoms with Gasteiger partial charge < -0.3 is 19.6 Å². The highest BCUT2D eigenvalue weighted by atomic mass is 35.5. The van der Waals surface area contributed by atoms with Gasteiger partial charge in [-0.15, -0.1) is 11.3 Å². The molecule has 152 valence electrons. The number of thiophene rings is 1. The maximum Gasteiger partial charge on any atom is 0.291 e. The number of rotatable bonds is 6. The Kier molecular flexibility index (Phi) is 5.69. The van der Waals surface area contributed by atoms with E-state index in [-0.39, 0.29) is 17.6 Å². The molecule has 0 bridgehead atoms. The van der Waals surface area contributed by atoms with E-state index >= 15 is 0 Å². The highest BCUT2D eigenvalue weighted by Gasteiger charge is 2.22. The molecule has 0 aliphatic rings. The van der Waals surface area contributed by atoms with Crippen LogP contribution in [0.2, 0.25) is 5.02 Å². The van der Waals surface area contributed by atoms with Crippen molar-refractivity contribution in [1.82, 2.24) is 14.9 Å². The van der Waals surface area contributed by atoms with E-state index in [1.165, 1.54) is 17.6 Å². The molecule has 3 aromatic heterocycles. The minimum atomic E-state index is -0.460. The van der Waals surface area contributed by atoms with Crippen molar-refractivity contribution in [2.24, 2.45) is 7.05 Å². The molecule has 0 spiro atoms. The second kappa shape index (κ2) is 8.56. The van der Waals surface area contributed by atoms with Crippen LogP contribution >= 0.6 is 22.9 Å². The molecule has 0 fully saturated rings. The lowest BCUT2D eigenvalue weighted by Gasteiger charge is -2.19. The zero-order chi connectivity index (χ0) is 21.1. The van der Waals surface area contributed by atoms with Gasteiger partial charge in [-0.05, 0) is 42.0 Å². The predicted octanol–water partition coefficient (Wildman–Crippen LogP) is 4.50. The van der Waals surface area contributed by atoms with Gasteiger partial charge in [0.2, 0.25) is 0 Å². The molecule has 0 saturated carbocycles. The van der Waals surface area contributed by atoms with E-state index in [1.807, 2.05) is 29.9 Å². The minimum Gasteiger partial charge on any atom is -0.459 e. The maximum absolute atomic E-state index is 12.9. The molecular weight excluding hydrogens is 424 g/mol. The monoisotopic (exact) mass is 440 g/mol. The van der Waals surface area contributed by atoms with E-state index in [0.717, 1.165) is 5.56 Å². The smallest absolute Gasteiger partial charge is 0.291 e. The lowest BCUT2D eigenvalue weighted by atomic mass is 10.1. The van der Waals surface area contributed by atoms with Crippen molar-refractivity contribution >= 4 is 39.8 Å². The summed E-state index contributed by atoms with van der Waals surface area (Å²) in [6, 6.07) is 13.3. The molecule has 3 heterocycles. The number of hydrogen-bond acceptors (Lipinski definition) is 5. The largest absolute Gasteiger partial charge is 0.459 e. The third-order valence-corrected chi connectivity index (χ3v) is 5.66. The number of halogens is 1. The Morgan fingerprint density at radius 2 is 1.93 bits per heavy atom. The molecule has 1 unspecified atom stereocenters. The summed E-state index contributed by atoms with van der Waals surface area (Å²) in [4.78, 5) is 29.9. The van der Waals surface area contributed by atoms with E-state index in [2.05, 4.69) is 15.6 Å². The Morgan fingerprint density at radius 3 is 2.60 bits per heavy atom. The van der Waals surface area contributed by atoms with E-state index in [0.29, 0.717) is 20.7 Å². The molecule has 9 heteroatoms. The minimum absolute atomic E-state index is 0.201. The Balaban J connectivity index is 1.53. The number of carbonyl (C=O) groups is 2. The third kappa shape index (κ3) is 4.29. The molecule has 7 nitrogen and oxygen atoms in total. The van der Waals surface area contributed by atoms with Crippen molar-refractivity contribution < 1.29 is 14.0 Å². The molecule has 0 radical (unpaired) electrons. The lowest BCUT2D eigenvalue weighted by molar-refractivity contribution is 0.0944. The van der Waals surface area contributed by atoms with E-state index < -0.39 is 6.04 Å². The Morgan fingerprint density at radius 1 is 1.13 bits per heavy atom. The quantitative estimate of drug-likeness (QED) is 0.462. The van der Waals surface area contributed by atoms with Gasteiger partial charge in [-0.2, -0.15) is 0 Å². The Bertz CT molecular complexity index is 1170. The number of amides is 2. The van der Waals surface area contributed by atoms with Gasteiger partial charge in [0.25, 0.3) is 11.8 Å². The second-order valence-electron chi connectivity index (χ2n) is 6.45. The highest BCUT2D eigenvalue weighted by molar-refractivity contribution is 7.18. The molecule has 1 atom stereocenters. The van der Waals surface area contributed by atoms with Gasteiger partial charge in [0.1, 0.15) is 11.9 Å². The topological polar surface area (TPSA) is 89.2 Å². The molecule has 0 aliphatic heterocycles. The number of hydrogen-bond donors (Lipinski definition) is 2. The van der Waals surface area contributed by atoms with Crippen LogP contribution in [0.25, 0.3) is 0 Å². The number of anilines is 1. The molecule has 0 aliphatic carbocycles. The second-order valence-corrected chi connectivity index (χ2v) is 7.97.